The molecule has 0 bridgehead atoms. The van der Waals surface area contributed by atoms with E-state index in [1.54, 1.807) is 12.4 Å². The number of nitrogens with one attached hydrogen (secondary N) is 1. The minimum Gasteiger partial charge on any atom is -0.313 e. The Morgan fingerprint density at radius 1 is 1.21 bits per heavy atom. The molecule has 2 nitrogen and oxygen atoms in total. The lowest BCUT2D eigenvalue weighted by molar-refractivity contribution is 0.589. The highest BCUT2D eigenvalue weighted by Gasteiger charge is 2.15. The average molecular weight is 295 g/mol. The lowest BCUT2D eigenvalue weighted by Crippen LogP contribution is -2.20. The molecule has 0 amide bonds. The number of likely N-dealkylation sites (N-methyl/N-ethyl adjacent to an activating group) is 1. The summed E-state index contributed by atoms with van der Waals surface area (Å²) in [5, 5.41) is 4.81. The summed E-state index contributed by atoms with van der Waals surface area (Å²) < 4.78 is 0. The first-order valence-electron chi connectivity index (χ1n) is 6.14. The summed E-state index contributed by atoms with van der Waals surface area (Å²) in [6.45, 7) is 2.04. The van der Waals surface area contributed by atoms with Gasteiger partial charge in [0.2, 0.25) is 0 Å². The van der Waals surface area contributed by atoms with E-state index < -0.39 is 0 Å². The number of benzene rings is 1. The molecule has 100 valence electrons. The smallest absolute Gasteiger partial charge is 0.0622 e. The molecule has 1 heterocycles. The summed E-state index contributed by atoms with van der Waals surface area (Å²) in [5.41, 5.74) is 3.38. The van der Waals surface area contributed by atoms with Crippen molar-refractivity contribution in [2.45, 2.75) is 19.4 Å². The van der Waals surface area contributed by atoms with Crippen LogP contribution in [0.2, 0.25) is 10.0 Å². The highest BCUT2D eigenvalue weighted by Crippen LogP contribution is 2.28. The first kappa shape index (κ1) is 14.3. The van der Waals surface area contributed by atoms with E-state index >= 15 is 0 Å². The molecule has 0 spiro atoms. The molecule has 2 aromatic rings. The van der Waals surface area contributed by atoms with Crippen LogP contribution < -0.4 is 5.32 Å². The summed E-state index contributed by atoms with van der Waals surface area (Å²) in [7, 11) is 1.94. The van der Waals surface area contributed by atoms with Crippen molar-refractivity contribution in [3.8, 4) is 0 Å². The van der Waals surface area contributed by atoms with Gasteiger partial charge in [0.25, 0.3) is 0 Å². The maximum Gasteiger partial charge on any atom is 0.0622 e. The Morgan fingerprint density at radius 3 is 2.68 bits per heavy atom. The third-order valence-corrected chi connectivity index (χ3v) is 4.06. The fourth-order valence-corrected chi connectivity index (χ4v) is 2.54. The monoisotopic (exact) mass is 294 g/mol. The zero-order chi connectivity index (χ0) is 13.8. The normalized spacial score (nSPS) is 12.4. The van der Waals surface area contributed by atoms with Crippen LogP contribution in [0.15, 0.2) is 36.7 Å². The van der Waals surface area contributed by atoms with E-state index in [9.17, 15) is 0 Å². The Labute approximate surface area is 123 Å². The Balaban J connectivity index is 2.31. The van der Waals surface area contributed by atoms with Crippen LogP contribution in [0.25, 0.3) is 0 Å². The Bertz CT molecular complexity index is 570. The highest BCUT2D eigenvalue weighted by molar-refractivity contribution is 6.31. The number of aromatic nitrogens is 1. The van der Waals surface area contributed by atoms with Gasteiger partial charge in [-0.1, -0.05) is 35.3 Å². The molecule has 1 atom stereocenters. The zero-order valence-corrected chi connectivity index (χ0v) is 12.5. The summed E-state index contributed by atoms with van der Waals surface area (Å²) in [4.78, 5) is 4.01. The third kappa shape index (κ3) is 3.27. The van der Waals surface area contributed by atoms with Crippen molar-refractivity contribution < 1.29 is 0 Å². The predicted octanol–water partition coefficient (Wildman–Crippen LogP) is 4.20. The maximum atomic E-state index is 6.19. The van der Waals surface area contributed by atoms with Crippen LogP contribution in [-0.2, 0) is 6.42 Å². The molecular weight excluding hydrogens is 279 g/mol. The number of nitrogens with zero attached hydrogens (tertiary/aromatic N) is 1. The second-order valence-corrected chi connectivity index (χ2v) is 5.28. The van der Waals surface area contributed by atoms with Crippen LogP contribution in [0.1, 0.15) is 22.7 Å². The van der Waals surface area contributed by atoms with E-state index in [-0.39, 0.29) is 6.04 Å². The number of halogens is 2. The van der Waals surface area contributed by atoms with Gasteiger partial charge in [-0.2, -0.15) is 0 Å². The summed E-state index contributed by atoms with van der Waals surface area (Å²) in [6.07, 6.45) is 4.24. The van der Waals surface area contributed by atoms with Gasteiger partial charge in [-0.25, -0.2) is 0 Å². The molecule has 0 saturated heterocycles. The maximum absolute atomic E-state index is 6.19. The number of pyridine rings is 1. The molecule has 1 aromatic carbocycles. The molecule has 0 aliphatic carbocycles. The Hall–Kier alpha value is -1.09. The number of hydrogen-bond donors (Lipinski definition) is 1. The minimum atomic E-state index is 0.179. The molecule has 0 aliphatic heterocycles. The minimum absolute atomic E-state index is 0.179. The first-order valence-corrected chi connectivity index (χ1v) is 6.89. The van der Waals surface area contributed by atoms with Gasteiger partial charge in [-0.05, 0) is 49.2 Å². The molecule has 19 heavy (non-hydrogen) atoms. The van der Waals surface area contributed by atoms with Crippen molar-refractivity contribution in [1.29, 1.82) is 0 Å². The van der Waals surface area contributed by atoms with Gasteiger partial charge >= 0.3 is 0 Å². The molecule has 0 saturated carbocycles. The van der Waals surface area contributed by atoms with Crippen molar-refractivity contribution in [1.82, 2.24) is 10.3 Å². The summed E-state index contributed by atoms with van der Waals surface area (Å²) in [5.74, 6) is 0. The quantitative estimate of drug-likeness (QED) is 0.914. The van der Waals surface area contributed by atoms with E-state index in [0.717, 1.165) is 22.6 Å². The van der Waals surface area contributed by atoms with Crippen LogP contribution >= 0.6 is 23.2 Å². The van der Waals surface area contributed by atoms with Gasteiger partial charge in [0, 0.05) is 23.5 Å². The van der Waals surface area contributed by atoms with E-state index in [2.05, 4.69) is 16.4 Å². The Kier molecular flexibility index (Phi) is 4.81. The van der Waals surface area contributed by atoms with Crippen LogP contribution in [0, 0.1) is 6.92 Å². The molecule has 0 radical (unpaired) electrons. The van der Waals surface area contributed by atoms with Crippen LogP contribution in [-0.4, -0.2) is 12.0 Å². The van der Waals surface area contributed by atoms with Crippen LogP contribution in [0.3, 0.4) is 0 Å². The first-order chi connectivity index (χ1) is 9.13. The number of hydrogen-bond acceptors (Lipinski definition) is 2. The molecule has 4 heteroatoms. The van der Waals surface area contributed by atoms with Crippen molar-refractivity contribution in [3.63, 3.8) is 0 Å². The van der Waals surface area contributed by atoms with Crippen molar-refractivity contribution >= 4 is 23.2 Å². The van der Waals surface area contributed by atoms with Gasteiger partial charge in [-0.3, -0.25) is 4.98 Å². The molecule has 1 aromatic heterocycles. The van der Waals surface area contributed by atoms with Gasteiger partial charge in [-0.15, -0.1) is 0 Å². The van der Waals surface area contributed by atoms with Gasteiger partial charge < -0.3 is 5.32 Å². The van der Waals surface area contributed by atoms with E-state index in [1.807, 2.05) is 32.2 Å². The molecule has 0 aliphatic rings. The summed E-state index contributed by atoms with van der Waals surface area (Å²) in [6, 6.07) is 8.11. The standard InChI is InChI=1S/C15H16Cl2N2/c1-10-12(4-3-5-13(10)16)15(18-2)8-11-6-7-19-9-14(11)17/h3-7,9,15,18H,8H2,1-2H3. The average Bonchev–Trinajstić information content (AvgIpc) is 2.41. The third-order valence-electron chi connectivity index (χ3n) is 3.31. The summed E-state index contributed by atoms with van der Waals surface area (Å²) >= 11 is 12.4. The van der Waals surface area contributed by atoms with E-state index in [1.165, 1.54) is 5.56 Å². The zero-order valence-electron chi connectivity index (χ0n) is 11.0. The largest absolute Gasteiger partial charge is 0.313 e. The fourth-order valence-electron chi connectivity index (χ4n) is 2.16. The Morgan fingerprint density at radius 2 is 2.00 bits per heavy atom. The fraction of sp³-hybridized carbons (Fsp3) is 0.267. The van der Waals surface area contributed by atoms with Crippen molar-refractivity contribution in [2.24, 2.45) is 0 Å². The van der Waals surface area contributed by atoms with Crippen LogP contribution in [0.5, 0.6) is 0 Å². The van der Waals surface area contributed by atoms with Crippen molar-refractivity contribution in [2.75, 3.05) is 7.05 Å². The predicted molar refractivity (Wildman–Crippen MR) is 80.9 cm³/mol. The molecule has 1 unspecified atom stereocenters. The molecule has 0 fully saturated rings. The van der Waals surface area contributed by atoms with Gasteiger partial charge in [0.1, 0.15) is 0 Å². The topological polar surface area (TPSA) is 24.9 Å². The number of rotatable bonds is 4. The van der Waals surface area contributed by atoms with Gasteiger partial charge in [0.15, 0.2) is 0 Å². The SMILES string of the molecule is CNC(Cc1ccncc1Cl)c1cccc(Cl)c1C. The molecular formula is C15H16Cl2N2. The lowest BCUT2D eigenvalue weighted by Gasteiger charge is -2.20. The lowest BCUT2D eigenvalue weighted by atomic mass is 9.96. The highest BCUT2D eigenvalue weighted by atomic mass is 35.5. The van der Waals surface area contributed by atoms with Crippen LogP contribution in [0.4, 0.5) is 0 Å². The molecule has 2 rings (SSSR count). The van der Waals surface area contributed by atoms with E-state index in [0.29, 0.717) is 5.02 Å². The molecule has 1 N–H and O–H groups in total. The second-order valence-electron chi connectivity index (χ2n) is 4.47. The van der Waals surface area contributed by atoms with E-state index in [4.69, 9.17) is 23.2 Å². The van der Waals surface area contributed by atoms with Crippen molar-refractivity contribution in [3.05, 3.63) is 63.4 Å². The second kappa shape index (κ2) is 6.38. The van der Waals surface area contributed by atoms with Gasteiger partial charge in [0.05, 0.1) is 5.02 Å².